The van der Waals surface area contributed by atoms with Gasteiger partial charge < -0.3 is 19.1 Å². The highest BCUT2D eigenvalue weighted by Gasteiger charge is 2.32. The molecule has 0 spiro atoms. The van der Waals surface area contributed by atoms with Crippen molar-refractivity contribution >= 4 is 5.69 Å². The first-order valence-electron chi connectivity index (χ1n) is 12.0. The fourth-order valence-corrected chi connectivity index (χ4v) is 4.95. The number of methoxy groups -OCH3 is 2. The maximum absolute atomic E-state index is 13.4. The lowest BCUT2D eigenvalue weighted by Gasteiger charge is -2.40. The molecular weight excluding hydrogens is 451 g/mol. The van der Waals surface area contributed by atoms with Crippen molar-refractivity contribution in [3.8, 4) is 11.5 Å². The molecule has 0 aliphatic carbocycles. The van der Waals surface area contributed by atoms with Gasteiger partial charge in [0.05, 0.1) is 32.9 Å². The van der Waals surface area contributed by atoms with Crippen LogP contribution < -0.4 is 14.4 Å². The average molecular weight is 483 g/mol. The van der Waals surface area contributed by atoms with Crippen molar-refractivity contribution < 1.29 is 18.6 Å². The molecule has 3 heterocycles. The molecule has 186 valence electrons. The number of aromatic nitrogens is 4. The van der Waals surface area contributed by atoms with Crippen LogP contribution in [0, 0.1) is 5.82 Å². The zero-order valence-corrected chi connectivity index (χ0v) is 20.1. The van der Waals surface area contributed by atoms with Crippen LogP contribution in [0.4, 0.5) is 10.1 Å². The van der Waals surface area contributed by atoms with Gasteiger partial charge in [0, 0.05) is 38.5 Å². The van der Waals surface area contributed by atoms with E-state index >= 15 is 0 Å². The molecule has 3 aromatic rings. The van der Waals surface area contributed by atoms with Gasteiger partial charge in [-0.1, -0.05) is 6.07 Å². The Balaban J connectivity index is 1.43. The standard InChI is InChI=1S/C25H31FN6O3/c1-33-22-10-5-18(16-23(22)34-2)24(25-27-28-29-32(25)17-21-4-3-15-35-21)31-13-11-30(12-14-31)20-8-6-19(26)7-9-20/h5-10,16,21,24H,3-4,11-15,17H2,1-2H3/t21-,24+/m0/s1. The molecule has 0 radical (unpaired) electrons. The highest BCUT2D eigenvalue weighted by Crippen LogP contribution is 2.35. The molecule has 2 atom stereocenters. The molecule has 0 bridgehead atoms. The van der Waals surface area contributed by atoms with Crippen molar-refractivity contribution in [2.24, 2.45) is 0 Å². The number of halogens is 1. The number of rotatable bonds is 8. The van der Waals surface area contributed by atoms with Crippen LogP contribution in [-0.4, -0.2) is 78.2 Å². The minimum atomic E-state index is -0.223. The summed E-state index contributed by atoms with van der Waals surface area (Å²) in [4.78, 5) is 4.66. The van der Waals surface area contributed by atoms with Crippen molar-refractivity contribution in [1.82, 2.24) is 25.1 Å². The predicted octanol–water partition coefficient (Wildman–Crippen LogP) is 2.92. The normalized spacial score (nSPS) is 19.6. The Morgan fingerprint density at radius 3 is 2.49 bits per heavy atom. The van der Waals surface area contributed by atoms with Crippen LogP contribution in [0.25, 0.3) is 0 Å². The van der Waals surface area contributed by atoms with Gasteiger partial charge in [-0.25, -0.2) is 9.07 Å². The fraction of sp³-hybridized carbons (Fsp3) is 0.480. The number of benzene rings is 2. The van der Waals surface area contributed by atoms with E-state index in [0.717, 1.165) is 62.7 Å². The van der Waals surface area contributed by atoms with Crippen LogP contribution in [0.2, 0.25) is 0 Å². The van der Waals surface area contributed by atoms with Gasteiger partial charge >= 0.3 is 0 Å². The second-order valence-corrected chi connectivity index (χ2v) is 8.87. The number of hydrogen-bond acceptors (Lipinski definition) is 8. The molecule has 5 rings (SSSR count). The molecule has 9 nitrogen and oxygen atoms in total. The van der Waals surface area contributed by atoms with Crippen molar-refractivity contribution in [1.29, 1.82) is 0 Å². The molecular formula is C25H31FN6O3. The van der Waals surface area contributed by atoms with Gasteiger partial charge in [0.1, 0.15) is 5.82 Å². The molecule has 2 aliphatic rings. The Morgan fingerprint density at radius 1 is 1.03 bits per heavy atom. The maximum Gasteiger partial charge on any atom is 0.173 e. The molecule has 0 amide bonds. The van der Waals surface area contributed by atoms with Crippen molar-refractivity contribution in [3.05, 3.63) is 59.7 Å². The first kappa shape index (κ1) is 23.5. The third-order valence-electron chi connectivity index (χ3n) is 6.80. The third kappa shape index (κ3) is 5.08. The Bertz CT molecular complexity index is 1110. The summed E-state index contributed by atoms with van der Waals surface area (Å²) in [7, 11) is 3.27. The van der Waals surface area contributed by atoms with Gasteiger partial charge in [-0.15, -0.1) is 5.10 Å². The second kappa shape index (κ2) is 10.6. The lowest BCUT2D eigenvalue weighted by Crippen LogP contribution is -2.48. The van der Waals surface area contributed by atoms with Gasteiger partial charge in [-0.05, 0) is 65.2 Å². The summed E-state index contributed by atoms with van der Waals surface area (Å²) >= 11 is 0. The van der Waals surface area contributed by atoms with E-state index < -0.39 is 0 Å². The number of tetrazole rings is 1. The number of nitrogens with zero attached hydrogens (tertiary/aromatic N) is 6. The van der Waals surface area contributed by atoms with Crippen LogP contribution in [0.5, 0.6) is 11.5 Å². The van der Waals surface area contributed by atoms with Crippen LogP contribution in [0.1, 0.15) is 30.3 Å². The summed E-state index contributed by atoms with van der Waals surface area (Å²) in [6, 6.07) is 12.5. The summed E-state index contributed by atoms with van der Waals surface area (Å²) in [5.74, 6) is 1.90. The first-order valence-corrected chi connectivity index (χ1v) is 12.0. The van der Waals surface area contributed by atoms with E-state index in [1.54, 1.807) is 14.2 Å². The van der Waals surface area contributed by atoms with Crippen LogP contribution in [0.3, 0.4) is 0 Å². The Kier molecular flexibility index (Phi) is 7.10. The van der Waals surface area contributed by atoms with Crippen LogP contribution in [-0.2, 0) is 11.3 Å². The zero-order chi connectivity index (χ0) is 24.2. The molecule has 1 aromatic heterocycles. The summed E-state index contributed by atoms with van der Waals surface area (Å²) < 4.78 is 32.2. The molecule has 35 heavy (non-hydrogen) atoms. The summed E-state index contributed by atoms with van der Waals surface area (Å²) in [5, 5.41) is 12.8. The summed E-state index contributed by atoms with van der Waals surface area (Å²) in [6.45, 7) is 4.62. The van der Waals surface area contributed by atoms with E-state index in [2.05, 4.69) is 25.3 Å². The van der Waals surface area contributed by atoms with Gasteiger partial charge in [0.25, 0.3) is 0 Å². The fourth-order valence-electron chi connectivity index (χ4n) is 4.95. The molecule has 2 aromatic carbocycles. The Hall–Kier alpha value is -3.24. The Labute approximate surface area is 204 Å². The number of ether oxygens (including phenoxy) is 3. The van der Waals surface area contributed by atoms with E-state index in [0.29, 0.717) is 18.0 Å². The predicted molar refractivity (Wildman–Crippen MR) is 128 cm³/mol. The summed E-state index contributed by atoms with van der Waals surface area (Å²) in [5.41, 5.74) is 2.05. The molecule has 0 unspecified atom stereocenters. The van der Waals surface area contributed by atoms with Crippen molar-refractivity contribution in [2.75, 3.05) is 51.9 Å². The molecule has 2 saturated heterocycles. The smallest absolute Gasteiger partial charge is 0.173 e. The quantitative estimate of drug-likeness (QED) is 0.485. The van der Waals surface area contributed by atoms with E-state index in [1.807, 2.05) is 35.0 Å². The van der Waals surface area contributed by atoms with Crippen LogP contribution in [0.15, 0.2) is 42.5 Å². The molecule has 2 aliphatic heterocycles. The lowest BCUT2D eigenvalue weighted by molar-refractivity contribution is 0.0906. The lowest BCUT2D eigenvalue weighted by atomic mass is 10.0. The van der Waals surface area contributed by atoms with Gasteiger partial charge in [-0.2, -0.15) is 0 Å². The molecule has 2 fully saturated rings. The molecule has 0 N–H and O–H groups in total. The number of anilines is 1. The van der Waals surface area contributed by atoms with E-state index in [9.17, 15) is 4.39 Å². The highest BCUT2D eigenvalue weighted by atomic mass is 19.1. The number of hydrogen-bond donors (Lipinski definition) is 0. The maximum atomic E-state index is 13.4. The zero-order valence-electron chi connectivity index (χ0n) is 20.1. The average Bonchev–Trinajstić information content (AvgIpc) is 3.58. The van der Waals surface area contributed by atoms with Crippen LogP contribution >= 0.6 is 0 Å². The van der Waals surface area contributed by atoms with Gasteiger partial charge in [0.15, 0.2) is 17.3 Å². The molecule has 0 saturated carbocycles. The van der Waals surface area contributed by atoms with Gasteiger partial charge in [0.2, 0.25) is 0 Å². The van der Waals surface area contributed by atoms with Gasteiger partial charge in [-0.3, -0.25) is 4.90 Å². The minimum Gasteiger partial charge on any atom is -0.493 e. The molecule has 10 heteroatoms. The largest absolute Gasteiger partial charge is 0.493 e. The monoisotopic (exact) mass is 482 g/mol. The Morgan fingerprint density at radius 2 is 1.80 bits per heavy atom. The third-order valence-corrected chi connectivity index (χ3v) is 6.80. The van der Waals surface area contributed by atoms with Crippen molar-refractivity contribution in [3.63, 3.8) is 0 Å². The summed E-state index contributed by atoms with van der Waals surface area (Å²) in [6.07, 6.45) is 2.20. The van der Waals surface area contributed by atoms with E-state index in [-0.39, 0.29) is 18.0 Å². The van der Waals surface area contributed by atoms with E-state index in [1.165, 1.54) is 12.1 Å². The van der Waals surface area contributed by atoms with E-state index in [4.69, 9.17) is 14.2 Å². The topological polar surface area (TPSA) is 77.8 Å². The first-order chi connectivity index (χ1) is 17.2. The second-order valence-electron chi connectivity index (χ2n) is 8.87. The number of piperazine rings is 1. The minimum absolute atomic E-state index is 0.124. The SMILES string of the molecule is COc1ccc([C@H](c2nnnn2C[C@@H]2CCCO2)N2CCN(c3ccc(F)cc3)CC2)cc1OC. The highest BCUT2D eigenvalue weighted by molar-refractivity contribution is 5.47. The van der Waals surface area contributed by atoms with Crippen molar-refractivity contribution in [2.45, 2.75) is 31.5 Å².